The number of amides is 5. The second kappa shape index (κ2) is 23.6. The number of methoxy groups -OCH3 is 1. The maximum absolute atomic E-state index is 14.0. The van der Waals surface area contributed by atoms with Gasteiger partial charge in [-0.1, -0.05) is 74.5 Å². The monoisotopic (exact) mass is 761 g/mol. The molecule has 0 spiro atoms. The van der Waals surface area contributed by atoms with Crippen molar-refractivity contribution in [2.24, 2.45) is 17.4 Å². The molecule has 1 aliphatic rings. The van der Waals surface area contributed by atoms with E-state index in [-0.39, 0.29) is 30.7 Å². The van der Waals surface area contributed by atoms with Gasteiger partial charge in [0, 0.05) is 37.7 Å². The molecule has 1 fully saturated rings. The molecule has 2 aromatic rings. The van der Waals surface area contributed by atoms with E-state index in [1.807, 2.05) is 74.5 Å². The molecule has 5 amide bonds. The van der Waals surface area contributed by atoms with Crippen molar-refractivity contribution in [2.45, 2.75) is 102 Å². The molecule has 2 aromatic carbocycles. The summed E-state index contributed by atoms with van der Waals surface area (Å²) in [5.41, 5.74) is 13.7. The van der Waals surface area contributed by atoms with Gasteiger partial charge in [0.15, 0.2) is 0 Å². The minimum atomic E-state index is -1.02. The topological polar surface area (TPSA) is 215 Å². The lowest BCUT2D eigenvalue weighted by molar-refractivity contribution is -0.139. The summed E-state index contributed by atoms with van der Waals surface area (Å²) in [6.45, 7) is 5.18. The van der Waals surface area contributed by atoms with Crippen LogP contribution < -0.4 is 32.7 Å². The standard InChI is InChI=1S/C41H59N7O7/c1-28(2)17-18-33(45-40(53)35(27-30-14-8-5-9-15-30)47-38(51)32(43)26-29-12-6-4-7-13-29)39(52)46-34(16-10-11-23-42)41(54)48-24-21-31(22-25-48)44-36(49)19-20-37(50)55-3/h4-9,12-15,19-20,28,31-35H,10-11,16-18,21-27,42-43H2,1-3H3,(H,44,49)(H,45,53)(H,46,52)(H,47,51)/b20-19+/t32-,33-,34-,35-/m1/s1. The Hall–Kier alpha value is -5.08. The largest absolute Gasteiger partial charge is 0.466 e. The molecule has 1 saturated heterocycles. The molecule has 3 rings (SSSR count). The van der Waals surface area contributed by atoms with E-state index < -0.39 is 53.8 Å². The third-order valence-corrected chi connectivity index (χ3v) is 9.50. The van der Waals surface area contributed by atoms with Crippen LogP contribution in [0.2, 0.25) is 0 Å². The van der Waals surface area contributed by atoms with E-state index in [4.69, 9.17) is 11.5 Å². The van der Waals surface area contributed by atoms with Gasteiger partial charge in [-0.3, -0.25) is 24.0 Å². The molecule has 1 heterocycles. The van der Waals surface area contributed by atoms with Gasteiger partial charge in [-0.25, -0.2) is 4.79 Å². The second-order valence-electron chi connectivity index (χ2n) is 14.4. The fourth-order valence-electron chi connectivity index (χ4n) is 6.29. The quantitative estimate of drug-likeness (QED) is 0.0619. The zero-order valence-electron chi connectivity index (χ0n) is 32.3. The third kappa shape index (κ3) is 16.0. The Balaban J connectivity index is 1.73. The first-order valence-electron chi connectivity index (χ1n) is 19.2. The van der Waals surface area contributed by atoms with Gasteiger partial charge in [-0.05, 0) is 75.0 Å². The van der Waals surface area contributed by atoms with E-state index in [0.29, 0.717) is 64.6 Å². The normalized spacial score (nSPS) is 15.4. The number of nitrogens with two attached hydrogens (primary N) is 2. The number of rotatable bonds is 21. The molecule has 0 unspecified atom stereocenters. The first-order chi connectivity index (χ1) is 26.4. The Morgan fingerprint density at radius 1 is 0.745 bits per heavy atom. The van der Waals surface area contributed by atoms with E-state index in [2.05, 4.69) is 26.0 Å². The summed E-state index contributed by atoms with van der Waals surface area (Å²) in [5, 5.41) is 11.5. The van der Waals surface area contributed by atoms with Gasteiger partial charge < -0.3 is 42.4 Å². The van der Waals surface area contributed by atoms with Crippen LogP contribution in [0.5, 0.6) is 0 Å². The van der Waals surface area contributed by atoms with Crippen molar-refractivity contribution in [3.63, 3.8) is 0 Å². The number of unbranched alkanes of at least 4 members (excludes halogenated alkanes) is 1. The van der Waals surface area contributed by atoms with Crippen LogP contribution >= 0.6 is 0 Å². The molecule has 8 N–H and O–H groups in total. The number of hydrogen-bond acceptors (Lipinski definition) is 9. The molecule has 0 aromatic heterocycles. The van der Waals surface area contributed by atoms with Crippen molar-refractivity contribution in [3.05, 3.63) is 83.9 Å². The Kier molecular flexibility index (Phi) is 19.1. The van der Waals surface area contributed by atoms with Gasteiger partial charge in [0.1, 0.15) is 18.1 Å². The number of nitrogens with one attached hydrogen (secondary N) is 4. The Labute approximate surface area is 324 Å². The summed E-state index contributed by atoms with van der Waals surface area (Å²) < 4.78 is 4.52. The third-order valence-electron chi connectivity index (χ3n) is 9.50. The molecular formula is C41H59N7O7. The summed E-state index contributed by atoms with van der Waals surface area (Å²) in [4.78, 5) is 80.5. The number of ether oxygens (including phenoxy) is 1. The van der Waals surface area contributed by atoms with Gasteiger partial charge in [-0.15, -0.1) is 0 Å². The van der Waals surface area contributed by atoms with Gasteiger partial charge in [0.05, 0.1) is 13.2 Å². The lowest BCUT2D eigenvalue weighted by atomic mass is 9.99. The summed E-state index contributed by atoms with van der Waals surface area (Å²) in [5.74, 6) is -2.62. The van der Waals surface area contributed by atoms with Crippen LogP contribution in [0.4, 0.5) is 0 Å². The van der Waals surface area contributed by atoms with Gasteiger partial charge in [0.25, 0.3) is 0 Å². The number of likely N-dealkylation sites (tertiary alicyclic amines) is 1. The molecule has 0 saturated carbocycles. The minimum Gasteiger partial charge on any atom is -0.466 e. The summed E-state index contributed by atoms with van der Waals surface area (Å²) in [6.07, 6.45) is 6.14. The van der Waals surface area contributed by atoms with Gasteiger partial charge >= 0.3 is 5.97 Å². The summed E-state index contributed by atoms with van der Waals surface area (Å²) in [6, 6.07) is 14.7. The van der Waals surface area contributed by atoms with E-state index in [0.717, 1.165) is 23.3 Å². The van der Waals surface area contributed by atoms with Crippen LogP contribution in [0.3, 0.4) is 0 Å². The number of carbonyl (C=O) groups is 6. The van der Waals surface area contributed by atoms with Crippen LogP contribution in [0.25, 0.3) is 0 Å². The van der Waals surface area contributed by atoms with Crippen LogP contribution in [0, 0.1) is 5.92 Å². The molecule has 55 heavy (non-hydrogen) atoms. The zero-order chi connectivity index (χ0) is 40.2. The molecule has 0 radical (unpaired) electrons. The van der Waals surface area contributed by atoms with Crippen molar-refractivity contribution in [1.29, 1.82) is 0 Å². The molecule has 0 aliphatic carbocycles. The SMILES string of the molecule is COC(=O)/C=C/C(=O)NC1CCN(C(=O)[C@@H](CCCCN)NC(=O)[C@@H](CCC(C)C)NC(=O)[C@@H](Cc2ccccc2)NC(=O)[C@H](N)Cc2ccccc2)CC1. The average molecular weight is 762 g/mol. The van der Waals surface area contributed by atoms with E-state index in [9.17, 15) is 28.8 Å². The maximum atomic E-state index is 14.0. The van der Waals surface area contributed by atoms with Crippen LogP contribution in [-0.2, 0) is 46.3 Å². The highest BCUT2D eigenvalue weighted by molar-refractivity contribution is 5.95. The first kappa shape index (κ1) is 44.3. The highest BCUT2D eigenvalue weighted by atomic mass is 16.5. The molecular weight excluding hydrogens is 702 g/mol. The lowest BCUT2D eigenvalue weighted by Crippen LogP contribution is -2.59. The molecule has 0 bridgehead atoms. The Bertz CT molecular complexity index is 1560. The predicted octanol–water partition coefficient (Wildman–Crippen LogP) is 1.66. The maximum Gasteiger partial charge on any atom is 0.330 e. The van der Waals surface area contributed by atoms with E-state index >= 15 is 0 Å². The summed E-state index contributed by atoms with van der Waals surface area (Å²) >= 11 is 0. The van der Waals surface area contributed by atoms with Crippen molar-refractivity contribution >= 4 is 35.5 Å². The van der Waals surface area contributed by atoms with Crippen LogP contribution in [0.1, 0.15) is 69.9 Å². The highest BCUT2D eigenvalue weighted by Gasteiger charge is 2.33. The Morgan fingerprint density at radius 2 is 1.31 bits per heavy atom. The Morgan fingerprint density at radius 3 is 1.89 bits per heavy atom. The molecule has 1 aliphatic heterocycles. The average Bonchev–Trinajstić information content (AvgIpc) is 3.18. The summed E-state index contributed by atoms with van der Waals surface area (Å²) in [7, 11) is 1.22. The van der Waals surface area contributed by atoms with Crippen molar-refractivity contribution in [1.82, 2.24) is 26.2 Å². The highest BCUT2D eigenvalue weighted by Crippen LogP contribution is 2.16. The van der Waals surface area contributed by atoms with E-state index in [1.165, 1.54) is 7.11 Å². The fraction of sp³-hybridized carbons (Fsp3) is 0.512. The van der Waals surface area contributed by atoms with Crippen molar-refractivity contribution in [2.75, 3.05) is 26.7 Å². The molecule has 300 valence electrons. The lowest BCUT2D eigenvalue weighted by Gasteiger charge is -2.35. The van der Waals surface area contributed by atoms with Crippen molar-refractivity contribution in [3.8, 4) is 0 Å². The minimum absolute atomic E-state index is 0.174. The molecule has 14 nitrogen and oxygen atoms in total. The second-order valence-corrected chi connectivity index (χ2v) is 14.4. The number of esters is 1. The van der Waals surface area contributed by atoms with Crippen LogP contribution in [-0.4, -0.2) is 97.4 Å². The fourth-order valence-corrected chi connectivity index (χ4v) is 6.29. The zero-order valence-corrected chi connectivity index (χ0v) is 32.3. The predicted molar refractivity (Wildman–Crippen MR) is 210 cm³/mol. The number of carbonyl (C=O) groups excluding carboxylic acids is 6. The van der Waals surface area contributed by atoms with E-state index in [1.54, 1.807) is 4.90 Å². The molecule has 14 heteroatoms. The number of benzene rings is 2. The number of piperidine rings is 1. The van der Waals surface area contributed by atoms with Gasteiger partial charge in [-0.2, -0.15) is 0 Å². The van der Waals surface area contributed by atoms with Crippen LogP contribution in [0.15, 0.2) is 72.8 Å². The number of nitrogens with zero attached hydrogens (tertiary/aromatic N) is 1. The van der Waals surface area contributed by atoms with Gasteiger partial charge in [0.2, 0.25) is 29.5 Å². The van der Waals surface area contributed by atoms with Crippen molar-refractivity contribution < 1.29 is 33.5 Å². The number of hydrogen-bond donors (Lipinski definition) is 6. The molecule has 4 atom stereocenters. The smallest absolute Gasteiger partial charge is 0.330 e. The first-order valence-corrected chi connectivity index (χ1v) is 19.2.